The first-order chi connectivity index (χ1) is 11.2. The molecule has 0 saturated heterocycles. The molecule has 118 valence electrons. The molecular formula is C17H19N5O. The topological polar surface area (TPSA) is 68.8 Å². The van der Waals surface area contributed by atoms with E-state index >= 15 is 0 Å². The summed E-state index contributed by atoms with van der Waals surface area (Å²) in [6, 6.07) is 6.16. The van der Waals surface area contributed by atoms with Crippen molar-refractivity contribution in [3.63, 3.8) is 0 Å². The summed E-state index contributed by atoms with van der Waals surface area (Å²) in [5, 5.41) is 11.4. The fraction of sp³-hybridized carbons (Fsp3) is 0.353. The summed E-state index contributed by atoms with van der Waals surface area (Å²) in [7, 11) is 1.92. The Labute approximate surface area is 134 Å². The van der Waals surface area contributed by atoms with Gasteiger partial charge in [0, 0.05) is 30.9 Å². The highest BCUT2D eigenvalue weighted by Gasteiger charge is 2.36. The number of aromatic nitrogens is 4. The molecule has 0 spiro atoms. The van der Waals surface area contributed by atoms with E-state index in [-0.39, 0.29) is 0 Å². The Morgan fingerprint density at radius 3 is 2.96 bits per heavy atom. The van der Waals surface area contributed by atoms with E-state index in [1.807, 2.05) is 23.7 Å². The molecule has 1 N–H and O–H groups in total. The number of hydrogen-bond donors (Lipinski definition) is 1. The quantitative estimate of drug-likeness (QED) is 0.784. The molecule has 2 atom stereocenters. The van der Waals surface area contributed by atoms with E-state index in [1.54, 1.807) is 18.7 Å². The van der Waals surface area contributed by atoms with Gasteiger partial charge in [-0.15, -0.1) is 10.2 Å². The van der Waals surface area contributed by atoms with Crippen LogP contribution in [0.2, 0.25) is 0 Å². The first kappa shape index (κ1) is 14.0. The van der Waals surface area contributed by atoms with Crippen molar-refractivity contribution in [1.29, 1.82) is 0 Å². The largest absolute Gasteiger partial charge is 0.464 e. The Morgan fingerprint density at radius 1 is 1.35 bits per heavy atom. The lowest BCUT2D eigenvalue weighted by Gasteiger charge is -2.06. The first-order valence-corrected chi connectivity index (χ1v) is 7.82. The Morgan fingerprint density at radius 2 is 2.22 bits per heavy atom. The van der Waals surface area contributed by atoms with Crippen LogP contribution in [0.1, 0.15) is 30.8 Å². The summed E-state index contributed by atoms with van der Waals surface area (Å²) < 4.78 is 7.78. The summed E-state index contributed by atoms with van der Waals surface area (Å²) in [6.45, 7) is 2.90. The van der Waals surface area contributed by atoms with Crippen molar-refractivity contribution in [1.82, 2.24) is 19.7 Å². The van der Waals surface area contributed by atoms with Crippen LogP contribution in [0.4, 0.5) is 5.69 Å². The van der Waals surface area contributed by atoms with Crippen LogP contribution in [0, 0.1) is 5.92 Å². The van der Waals surface area contributed by atoms with Gasteiger partial charge in [0.1, 0.15) is 17.8 Å². The monoisotopic (exact) mass is 309 g/mol. The van der Waals surface area contributed by atoms with Crippen LogP contribution in [0.15, 0.2) is 41.3 Å². The molecule has 3 aromatic rings. The van der Waals surface area contributed by atoms with Gasteiger partial charge in [0.15, 0.2) is 5.82 Å². The van der Waals surface area contributed by atoms with E-state index < -0.39 is 0 Å². The van der Waals surface area contributed by atoms with E-state index in [1.165, 1.54) is 6.42 Å². The molecule has 23 heavy (non-hydrogen) atoms. The maximum absolute atomic E-state index is 5.91. The molecular weight excluding hydrogens is 290 g/mol. The molecule has 0 aromatic carbocycles. The molecule has 6 heteroatoms. The van der Waals surface area contributed by atoms with Crippen molar-refractivity contribution < 1.29 is 4.42 Å². The zero-order valence-corrected chi connectivity index (χ0v) is 13.2. The lowest BCUT2D eigenvalue weighted by atomic mass is 10.2. The average Bonchev–Trinajstić information content (AvgIpc) is 2.96. The number of hydrogen-bond acceptors (Lipinski definition) is 5. The second kappa shape index (κ2) is 5.53. The van der Waals surface area contributed by atoms with Gasteiger partial charge >= 0.3 is 0 Å². The standard InChI is InChI=1S/C17H19N5O/c1-11-5-15(11)16-4-3-14(23-16)9-19-13-6-12(7-18-8-13)17-21-20-10-22(17)2/h3-4,6-8,10-11,15,19H,5,9H2,1-2H3/t11-,15-/m0/s1. The van der Waals surface area contributed by atoms with Gasteiger partial charge in [-0.3, -0.25) is 4.98 Å². The fourth-order valence-corrected chi connectivity index (χ4v) is 2.80. The molecule has 0 unspecified atom stereocenters. The minimum absolute atomic E-state index is 0.615. The highest BCUT2D eigenvalue weighted by molar-refractivity contribution is 5.60. The van der Waals surface area contributed by atoms with Crippen LogP contribution in [-0.2, 0) is 13.6 Å². The highest BCUT2D eigenvalue weighted by Crippen LogP contribution is 2.47. The van der Waals surface area contributed by atoms with E-state index in [0.717, 1.165) is 34.5 Å². The summed E-state index contributed by atoms with van der Waals surface area (Å²) in [4.78, 5) is 4.27. The number of nitrogens with one attached hydrogen (secondary N) is 1. The third kappa shape index (κ3) is 2.84. The Hall–Kier alpha value is -2.63. The molecule has 1 aliphatic carbocycles. The second-order valence-corrected chi connectivity index (χ2v) is 6.20. The zero-order valence-electron chi connectivity index (χ0n) is 13.2. The van der Waals surface area contributed by atoms with Crippen LogP contribution < -0.4 is 5.32 Å². The van der Waals surface area contributed by atoms with Crippen LogP contribution in [-0.4, -0.2) is 19.7 Å². The van der Waals surface area contributed by atoms with Crippen molar-refractivity contribution in [2.24, 2.45) is 13.0 Å². The third-order valence-electron chi connectivity index (χ3n) is 4.33. The fourth-order valence-electron chi connectivity index (χ4n) is 2.80. The number of anilines is 1. The smallest absolute Gasteiger partial charge is 0.165 e. The summed E-state index contributed by atoms with van der Waals surface area (Å²) in [5.41, 5.74) is 1.87. The van der Waals surface area contributed by atoms with Crippen LogP contribution in [0.25, 0.3) is 11.4 Å². The summed E-state index contributed by atoms with van der Waals surface area (Å²) in [5.74, 6) is 4.23. The average molecular weight is 309 g/mol. The normalized spacial score (nSPS) is 19.7. The third-order valence-corrected chi connectivity index (χ3v) is 4.33. The molecule has 0 bridgehead atoms. The van der Waals surface area contributed by atoms with Crippen molar-refractivity contribution in [2.45, 2.75) is 25.8 Å². The molecule has 3 heterocycles. The van der Waals surface area contributed by atoms with E-state index in [0.29, 0.717) is 12.5 Å². The van der Waals surface area contributed by atoms with Crippen LogP contribution in [0.5, 0.6) is 0 Å². The lowest BCUT2D eigenvalue weighted by Crippen LogP contribution is -2.00. The van der Waals surface area contributed by atoms with Crippen molar-refractivity contribution >= 4 is 5.69 Å². The van der Waals surface area contributed by atoms with Gasteiger partial charge < -0.3 is 14.3 Å². The molecule has 0 amide bonds. The molecule has 3 aromatic heterocycles. The molecule has 1 aliphatic rings. The Balaban J connectivity index is 1.45. The predicted molar refractivity (Wildman–Crippen MR) is 86.8 cm³/mol. The van der Waals surface area contributed by atoms with E-state index in [9.17, 15) is 0 Å². The second-order valence-electron chi connectivity index (χ2n) is 6.20. The van der Waals surface area contributed by atoms with Crippen LogP contribution in [0.3, 0.4) is 0 Å². The zero-order chi connectivity index (χ0) is 15.8. The minimum atomic E-state index is 0.615. The highest BCUT2D eigenvalue weighted by atomic mass is 16.3. The number of nitrogens with zero attached hydrogens (tertiary/aromatic N) is 4. The van der Waals surface area contributed by atoms with Gasteiger partial charge in [-0.1, -0.05) is 6.92 Å². The van der Waals surface area contributed by atoms with Gasteiger partial charge in [-0.2, -0.15) is 0 Å². The summed E-state index contributed by atoms with van der Waals surface area (Å²) >= 11 is 0. The number of rotatable bonds is 5. The number of furan rings is 1. The molecule has 0 aliphatic heterocycles. The summed E-state index contributed by atoms with van der Waals surface area (Å²) in [6.07, 6.45) is 6.50. The van der Waals surface area contributed by atoms with Crippen molar-refractivity contribution in [3.05, 3.63) is 48.4 Å². The molecule has 1 saturated carbocycles. The maximum atomic E-state index is 5.91. The van der Waals surface area contributed by atoms with Crippen molar-refractivity contribution in [3.8, 4) is 11.4 Å². The molecule has 0 radical (unpaired) electrons. The van der Waals surface area contributed by atoms with Gasteiger partial charge in [0.25, 0.3) is 0 Å². The Bertz CT molecular complexity index is 822. The molecule has 4 rings (SSSR count). The molecule has 1 fully saturated rings. The van der Waals surface area contributed by atoms with Gasteiger partial charge in [0.05, 0.1) is 12.2 Å². The molecule has 6 nitrogen and oxygen atoms in total. The van der Waals surface area contributed by atoms with Gasteiger partial charge in [0.2, 0.25) is 0 Å². The number of pyridine rings is 1. The van der Waals surface area contributed by atoms with E-state index in [2.05, 4.69) is 33.5 Å². The van der Waals surface area contributed by atoms with Gasteiger partial charge in [-0.25, -0.2) is 0 Å². The maximum Gasteiger partial charge on any atom is 0.165 e. The Kier molecular flexibility index (Phi) is 3.37. The van der Waals surface area contributed by atoms with Crippen LogP contribution >= 0.6 is 0 Å². The SMILES string of the molecule is C[C@H]1C[C@@H]1c1ccc(CNc2cncc(-c3nncn3C)c2)o1. The number of aryl methyl sites for hydroxylation is 1. The lowest BCUT2D eigenvalue weighted by molar-refractivity contribution is 0.468. The van der Waals surface area contributed by atoms with E-state index in [4.69, 9.17) is 4.42 Å². The predicted octanol–water partition coefficient (Wildman–Crippen LogP) is 3.21. The first-order valence-electron chi connectivity index (χ1n) is 7.82. The van der Waals surface area contributed by atoms with Crippen molar-refractivity contribution in [2.75, 3.05) is 5.32 Å². The van der Waals surface area contributed by atoms with Gasteiger partial charge in [-0.05, 0) is 30.5 Å². The minimum Gasteiger partial charge on any atom is -0.464 e.